The van der Waals surface area contributed by atoms with Crippen molar-refractivity contribution in [1.82, 2.24) is 5.32 Å². The van der Waals surface area contributed by atoms with Crippen LogP contribution in [0.4, 0.5) is 5.69 Å². The van der Waals surface area contributed by atoms with Crippen LogP contribution in [0.25, 0.3) is 0 Å². The molecular weight excluding hydrogens is 252 g/mol. The minimum atomic E-state index is -0.342. The highest BCUT2D eigenvalue weighted by Gasteiger charge is 2.51. The Hall–Kier alpha value is -1.55. The Morgan fingerprint density at radius 1 is 1.40 bits per heavy atom. The number of hydrogen-bond donors (Lipinski definition) is 3. The summed E-state index contributed by atoms with van der Waals surface area (Å²) in [6.07, 6.45) is 3.51. The van der Waals surface area contributed by atoms with E-state index in [0.29, 0.717) is 12.5 Å². The Kier molecular flexibility index (Phi) is 4.65. The summed E-state index contributed by atoms with van der Waals surface area (Å²) in [7, 11) is 0. The first-order valence-corrected chi connectivity index (χ1v) is 7.37. The molecule has 1 amide bonds. The minimum Gasteiger partial charge on any atom is -0.399 e. The number of aliphatic hydroxyl groups excluding tert-OH is 1. The number of carbonyl (C=O) groups is 1. The van der Waals surface area contributed by atoms with Gasteiger partial charge in [-0.15, -0.1) is 0 Å². The molecule has 110 valence electrons. The Balaban J connectivity index is 1.96. The Bertz CT molecular complexity index is 452. The van der Waals surface area contributed by atoms with Crippen molar-refractivity contribution in [3.8, 4) is 0 Å². The lowest BCUT2D eigenvalue weighted by molar-refractivity contribution is -0.123. The molecule has 0 aromatic heterocycles. The molecule has 0 aliphatic heterocycles. The number of nitrogens with two attached hydrogens (primary N) is 1. The molecule has 1 unspecified atom stereocenters. The van der Waals surface area contributed by atoms with Crippen LogP contribution in [0, 0.1) is 5.92 Å². The van der Waals surface area contributed by atoms with E-state index >= 15 is 0 Å². The fraction of sp³-hybridized carbons (Fsp3) is 0.562. The molecule has 0 saturated heterocycles. The second-order valence-electron chi connectivity index (χ2n) is 5.70. The van der Waals surface area contributed by atoms with Crippen molar-refractivity contribution in [1.29, 1.82) is 0 Å². The van der Waals surface area contributed by atoms with Crippen LogP contribution in [-0.2, 0) is 10.2 Å². The van der Waals surface area contributed by atoms with E-state index in [1.54, 1.807) is 0 Å². The summed E-state index contributed by atoms with van der Waals surface area (Å²) in [6, 6.07) is 7.60. The van der Waals surface area contributed by atoms with Crippen molar-refractivity contribution in [3.05, 3.63) is 29.8 Å². The molecular formula is C16H24N2O2. The third kappa shape index (κ3) is 3.12. The Morgan fingerprint density at radius 2 is 2.05 bits per heavy atom. The summed E-state index contributed by atoms with van der Waals surface area (Å²) in [4.78, 5) is 12.4. The van der Waals surface area contributed by atoms with E-state index in [9.17, 15) is 4.79 Å². The molecule has 1 aromatic carbocycles. The van der Waals surface area contributed by atoms with Crippen molar-refractivity contribution in [2.45, 2.75) is 38.0 Å². The number of benzene rings is 1. The molecule has 4 heteroatoms. The standard InChI is InChI=1S/C16H24N2O2/c1-2-12(7-10-19)11-18-15(20)16(8-9-16)13-3-5-14(17)6-4-13/h3-6,12,19H,2,7-11,17H2,1H3,(H,18,20). The molecule has 20 heavy (non-hydrogen) atoms. The molecule has 1 aliphatic carbocycles. The molecule has 0 radical (unpaired) electrons. The van der Waals surface area contributed by atoms with Gasteiger partial charge in [0.25, 0.3) is 0 Å². The number of aliphatic hydroxyl groups is 1. The summed E-state index contributed by atoms with van der Waals surface area (Å²) in [6.45, 7) is 2.91. The first-order chi connectivity index (χ1) is 9.62. The highest BCUT2D eigenvalue weighted by molar-refractivity contribution is 5.91. The minimum absolute atomic E-state index is 0.110. The predicted molar refractivity (Wildman–Crippen MR) is 80.3 cm³/mol. The van der Waals surface area contributed by atoms with Gasteiger partial charge in [-0.3, -0.25) is 4.79 Å². The summed E-state index contributed by atoms with van der Waals surface area (Å²) in [5.41, 5.74) is 7.13. The number of carbonyl (C=O) groups excluding carboxylic acids is 1. The summed E-state index contributed by atoms with van der Waals surface area (Å²) in [5.74, 6) is 0.463. The molecule has 0 heterocycles. The number of hydrogen-bond acceptors (Lipinski definition) is 3. The molecule has 2 rings (SSSR count). The number of rotatable bonds is 7. The average molecular weight is 276 g/mol. The Labute approximate surface area is 120 Å². The first-order valence-electron chi connectivity index (χ1n) is 7.37. The highest BCUT2D eigenvalue weighted by Crippen LogP contribution is 2.48. The average Bonchev–Trinajstić information content (AvgIpc) is 3.25. The van der Waals surface area contributed by atoms with E-state index in [1.807, 2.05) is 24.3 Å². The van der Waals surface area contributed by atoms with Gasteiger partial charge in [0, 0.05) is 18.8 Å². The van der Waals surface area contributed by atoms with Crippen molar-refractivity contribution >= 4 is 11.6 Å². The zero-order valence-electron chi connectivity index (χ0n) is 12.1. The van der Waals surface area contributed by atoms with E-state index in [0.717, 1.165) is 36.9 Å². The van der Waals surface area contributed by atoms with Crippen LogP contribution in [0.3, 0.4) is 0 Å². The summed E-state index contributed by atoms with van der Waals surface area (Å²) >= 11 is 0. The topological polar surface area (TPSA) is 75.3 Å². The predicted octanol–water partition coefficient (Wildman–Crippen LogP) is 1.83. The number of anilines is 1. The molecule has 4 N–H and O–H groups in total. The van der Waals surface area contributed by atoms with Crippen LogP contribution >= 0.6 is 0 Å². The molecule has 1 fully saturated rings. The van der Waals surface area contributed by atoms with Gasteiger partial charge in [-0.1, -0.05) is 25.5 Å². The number of nitrogens with one attached hydrogen (secondary N) is 1. The third-order valence-electron chi connectivity index (χ3n) is 4.31. The molecule has 4 nitrogen and oxygen atoms in total. The summed E-state index contributed by atoms with van der Waals surface area (Å²) < 4.78 is 0. The summed E-state index contributed by atoms with van der Waals surface area (Å²) in [5, 5.41) is 12.0. The SMILES string of the molecule is CCC(CCO)CNC(=O)C1(c2ccc(N)cc2)CC1. The largest absolute Gasteiger partial charge is 0.399 e. The van der Waals surface area contributed by atoms with Crippen LogP contribution < -0.4 is 11.1 Å². The van der Waals surface area contributed by atoms with Crippen molar-refractivity contribution in [2.24, 2.45) is 5.92 Å². The second kappa shape index (κ2) is 6.27. The van der Waals surface area contributed by atoms with Gasteiger partial charge in [-0.2, -0.15) is 0 Å². The van der Waals surface area contributed by atoms with Gasteiger partial charge < -0.3 is 16.2 Å². The van der Waals surface area contributed by atoms with Gasteiger partial charge in [0.2, 0.25) is 5.91 Å². The van der Waals surface area contributed by atoms with Gasteiger partial charge in [0.1, 0.15) is 0 Å². The maximum Gasteiger partial charge on any atom is 0.230 e. The van der Waals surface area contributed by atoms with Gasteiger partial charge in [0.05, 0.1) is 5.41 Å². The molecule has 1 atom stereocenters. The molecule has 0 bridgehead atoms. The van der Waals surface area contributed by atoms with Crippen molar-refractivity contribution in [2.75, 3.05) is 18.9 Å². The Morgan fingerprint density at radius 3 is 2.55 bits per heavy atom. The molecule has 1 aromatic rings. The van der Waals surface area contributed by atoms with E-state index < -0.39 is 0 Å². The van der Waals surface area contributed by atoms with Crippen LogP contribution in [0.15, 0.2) is 24.3 Å². The zero-order chi connectivity index (χ0) is 14.6. The highest BCUT2D eigenvalue weighted by atomic mass is 16.3. The lowest BCUT2D eigenvalue weighted by atomic mass is 9.94. The van der Waals surface area contributed by atoms with E-state index in [-0.39, 0.29) is 17.9 Å². The zero-order valence-corrected chi connectivity index (χ0v) is 12.1. The quantitative estimate of drug-likeness (QED) is 0.665. The van der Waals surface area contributed by atoms with Crippen molar-refractivity contribution < 1.29 is 9.90 Å². The second-order valence-corrected chi connectivity index (χ2v) is 5.70. The van der Waals surface area contributed by atoms with E-state index in [4.69, 9.17) is 10.8 Å². The third-order valence-corrected chi connectivity index (χ3v) is 4.31. The fourth-order valence-electron chi connectivity index (χ4n) is 2.61. The van der Waals surface area contributed by atoms with Crippen LogP contribution in [0.5, 0.6) is 0 Å². The van der Waals surface area contributed by atoms with E-state index in [2.05, 4.69) is 12.2 Å². The lowest BCUT2D eigenvalue weighted by Crippen LogP contribution is -2.37. The van der Waals surface area contributed by atoms with E-state index in [1.165, 1.54) is 0 Å². The fourth-order valence-corrected chi connectivity index (χ4v) is 2.61. The van der Waals surface area contributed by atoms with Gasteiger partial charge in [0.15, 0.2) is 0 Å². The molecule has 0 spiro atoms. The van der Waals surface area contributed by atoms with Gasteiger partial charge in [-0.05, 0) is 42.9 Å². The monoisotopic (exact) mass is 276 g/mol. The number of amides is 1. The molecule has 1 saturated carbocycles. The first kappa shape index (κ1) is 14.9. The van der Waals surface area contributed by atoms with Crippen LogP contribution in [0.2, 0.25) is 0 Å². The maximum absolute atomic E-state index is 12.4. The van der Waals surface area contributed by atoms with Gasteiger partial charge in [-0.25, -0.2) is 0 Å². The van der Waals surface area contributed by atoms with Gasteiger partial charge >= 0.3 is 0 Å². The number of nitrogen functional groups attached to an aromatic ring is 1. The van der Waals surface area contributed by atoms with Crippen LogP contribution in [-0.4, -0.2) is 24.2 Å². The smallest absolute Gasteiger partial charge is 0.230 e. The van der Waals surface area contributed by atoms with Crippen molar-refractivity contribution in [3.63, 3.8) is 0 Å². The maximum atomic E-state index is 12.4. The molecule has 1 aliphatic rings. The normalized spacial score (nSPS) is 17.5. The van der Waals surface area contributed by atoms with Crippen LogP contribution in [0.1, 0.15) is 38.2 Å². The lowest BCUT2D eigenvalue weighted by Gasteiger charge is -2.19.